The molecule has 1 aromatic carbocycles. The fourth-order valence-electron chi connectivity index (χ4n) is 2.59. The van der Waals surface area contributed by atoms with Gasteiger partial charge in [0.25, 0.3) is 0 Å². The van der Waals surface area contributed by atoms with Gasteiger partial charge in [0.2, 0.25) is 0 Å². The second-order valence-electron chi connectivity index (χ2n) is 6.29. The van der Waals surface area contributed by atoms with Crippen molar-refractivity contribution in [3.63, 3.8) is 0 Å². The van der Waals surface area contributed by atoms with E-state index in [4.69, 9.17) is 0 Å². The molecule has 0 saturated heterocycles. The fourth-order valence-corrected chi connectivity index (χ4v) is 2.59. The smallest absolute Gasteiger partial charge is 0.151 e. The van der Waals surface area contributed by atoms with E-state index in [9.17, 15) is 0 Å². The summed E-state index contributed by atoms with van der Waals surface area (Å²) in [5.74, 6) is 0.707. The van der Waals surface area contributed by atoms with Crippen molar-refractivity contribution in [1.29, 1.82) is 0 Å². The Bertz CT molecular complexity index is 1050. The number of amidine groups is 1. The number of aromatic nitrogens is 3. The molecule has 0 bridgehead atoms. The highest BCUT2D eigenvalue weighted by atomic mass is 15.2. The lowest BCUT2D eigenvalue weighted by Gasteiger charge is -2.09. The van der Waals surface area contributed by atoms with Gasteiger partial charge in [-0.3, -0.25) is 9.67 Å². The summed E-state index contributed by atoms with van der Waals surface area (Å²) in [6.45, 7) is 5.90. The van der Waals surface area contributed by atoms with Crippen LogP contribution in [0.3, 0.4) is 0 Å². The second kappa shape index (κ2) is 8.31. The number of aryl methyl sites for hydroxylation is 1. The summed E-state index contributed by atoms with van der Waals surface area (Å²) in [6.07, 6.45) is 11.2. The highest BCUT2D eigenvalue weighted by molar-refractivity contribution is 6.45. The third-order valence-electron chi connectivity index (χ3n) is 4.12. The van der Waals surface area contributed by atoms with Crippen molar-refractivity contribution in [2.24, 2.45) is 17.0 Å². The Morgan fingerprint density at radius 3 is 2.81 bits per heavy atom. The first-order valence-electron chi connectivity index (χ1n) is 8.80. The Balaban J connectivity index is 1.84. The molecule has 0 unspecified atom stereocenters. The third-order valence-corrected chi connectivity index (χ3v) is 4.12. The molecule has 0 spiro atoms. The first-order valence-corrected chi connectivity index (χ1v) is 8.80. The average Bonchev–Trinajstić information content (AvgIpc) is 3.31. The number of allylic oxidation sites excluding steroid dienone is 2. The molecule has 2 N–H and O–H groups in total. The molecule has 3 aromatic rings. The summed E-state index contributed by atoms with van der Waals surface area (Å²) < 4.78 is 1.78. The van der Waals surface area contributed by atoms with Crippen LogP contribution in [0, 0.1) is 0 Å². The van der Waals surface area contributed by atoms with Crippen molar-refractivity contribution in [1.82, 2.24) is 14.8 Å². The van der Waals surface area contributed by atoms with Crippen molar-refractivity contribution in [2.45, 2.75) is 20.8 Å². The highest BCUT2D eigenvalue weighted by Crippen LogP contribution is 2.18. The number of anilines is 1. The van der Waals surface area contributed by atoms with Crippen molar-refractivity contribution < 1.29 is 0 Å². The summed E-state index contributed by atoms with van der Waals surface area (Å²) >= 11 is 0. The van der Waals surface area contributed by atoms with Gasteiger partial charge in [0.1, 0.15) is 0 Å². The molecule has 0 amide bonds. The normalized spacial score (nSPS) is 13.7. The number of rotatable bonds is 5. The van der Waals surface area contributed by atoms with E-state index in [1.807, 2.05) is 76.9 Å². The van der Waals surface area contributed by atoms with Crippen LogP contribution in [0.1, 0.15) is 26.3 Å². The van der Waals surface area contributed by atoms with E-state index in [0.717, 1.165) is 33.4 Å². The summed E-state index contributed by atoms with van der Waals surface area (Å²) in [4.78, 5) is 12.3. The number of hydrogen-bond acceptors (Lipinski definition) is 3. The fraction of sp³-hybridized carbons (Fsp3) is 0.190. The van der Waals surface area contributed by atoms with Crippen LogP contribution in [-0.4, -0.2) is 26.3 Å². The standard InChI is InChI=1S/C21H24N6/c1-5-9-23-21(26-19-6-7-20-17(11-19)8-10-22-20)16(3)24-12-15(2)18-13-25-27(4)14-18/h5-14,22H,1-4H3,(H,23,26)/b9-5-,15-12+,24-16?. The van der Waals surface area contributed by atoms with Crippen LogP contribution in [0.15, 0.2) is 71.3 Å². The van der Waals surface area contributed by atoms with Gasteiger partial charge in [-0.25, -0.2) is 4.99 Å². The molecule has 6 heteroatoms. The Morgan fingerprint density at radius 2 is 2.07 bits per heavy atom. The number of fused-ring (bicyclic) bond motifs is 1. The topological polar surface area (TPSA) is 70.4 Å². The van der Waals surface area contributed by atoms with Gasteiger partial charge in [-0.1, -0.05) is 6.08 Å². The van der Waals surface area contributed by atoms with Crippen LogP contribution >= 0.6 is 0 Å². The van der Waals surface area contributed by atoms with Crippen molar-refractivity contribution in [3.8, 4) is 0 Å². The maximum atomic E-state index is 4.60. The van der Waals surface area contributed by atoms with E-state index >= 15 is 0 Å². The van der Waals surface area contributed by atoms with Crippen LogP contribution in [0.5, 0.6) is 0 Å². The molecule has 2 aromatic heterocycles. The zero-order valence-corrected chi connectivity index (χ0v) is 16.1. The van der Waals surface area contributed by atoms with Gasteiger partial charge < -0.3 is 10.3 Å². The van der Waals surface area contributed by atoms with Gasteiger partial charge in [0, 0.05) is 54.0 Å². The number of H-pyrrole nitrogens is 1. The van der Waals surface area contributed by atoms with E-state index in [2.05, 4.69) is 31.5 Å². The zero-order valence-electron chi connectivity index (χ0n) is 16.1. The summed E-state index contributed by atoms with van der Waals surface area (Å²) in [5.41, 5.74) is 4.96. The highest BCUT2D eigenvalue weighted by Gasteiger charge is 2.05. The monoisotopic (exact) mass is 360 g/mol. The quantitative estimate of drug-likeness (QED) is 0.508. The molecule has 6 nitrogen and oxygen atoms in total. The minimum atomic E-state index is 0.707. The minimum absolute atomic E-state index is 0.707. The lowest BCUT2D eigenvalue weighted by Crippen LogP contribution is -2.20. The van der Waals surface area contributed by atoms with E-state index in [1.54, 1.807) is 10.9 Å². The molecule has 0 aliphatic heterocycles. The molecule has 0 radical (unpaired) electrons. The number of benzene rings is 1. The molecule has 0 fully saturated rings. The van der Waals surface area contributed by atoms with Crippen molar-refractivity contribution >= 4 is 33.7 Å². The molecule has 0 atom stereocenters. The largest absolute Gasteiger partial charge is 0.361 e. The van der Waals surface area contributed by atoms with Crippen LogP contribution in [-0.2, 0) is 7.05 Å². The number of aliphatic imine (C=N–C) groups is 2. The number of hydrogen-bond donors (Lipinski definition) is 2. The van der Waals surface area contributed by atoms with Crippen molar-refractivity contribution in [3.05, 3.63) is 66.9 Å². The first kappa shape index (κ1) is 18.4. The van der Waals surface area contributed by atoms with E-state index in [0.29, 0.717) is 5.84 Å². The van der Waals surface area contributed by atoms with Crippen LogP contribution in [0.2, 0.25) is 0 Å². The Labute approximate surface area is 159 Å². The maximum absolute atomic E-state index is 4.60. The number of aromatic amines is 1. The molecular formula is C21H24N6. The van der Waals surface area contributed by atoms with Gasteiger partial charge in [0.05, 0.1) is 11.9 Å². The van der Waals surface area contributed by atoms with Crippen LogP contribution < -0.4 is 5.32 Å². The summed E-state index contributed by atoms with van der Waals surface area (Å²) in [5, 5.41) is 8.71. The predicted molar refractivity (Wildman–Crippen MR) is 114 cm³/mol. The number of nitrogens with zero attached hydrogens (tertiary/aromatic N) is 4. The SMILES string of the molecule is C/C=C\N=C(Nc1ccc2[nH]ccc2c1)C(C)=N/C=C(\C)c1cnn(C)c1. The van der Waals surface area contributed by atoms with E-state index < -0.39 is 0 Å². The van der Waals surface area contributed by atoms with E-state index in [-0.39, 0.29) is 0 Å². The van der Waals surface area contributed by atoms with Gasteiger partial charge in [0.15, 0.2) is 5.84 Å². The Kier molecular flexibility index (Phi) is 5.66. The molecule has 0 aliphatic carbocycles. The second-order valence-corrected chi connectivity index (χ2v) is 6.29. The van der Waals surface area contributed by atoms with E-state index in [1.165, 1.54) is 0 Å². The first-order chi connectivity index (χ1) is 13.1. The van der Waals surface area contributed by atoms with Crippen molar-refractivity contribution in [2.75, 3.05) is 5.32 Å². The lowest BCUT2D eigenvalue weighted by molar-refractivity contribution is 0.767. The molecule has 138 valence electrons. The molecule has 2 heterocycles. The summed E-state index contributed by atoms with van der Waals surface area (Å²) in [6, 6.07) is 8.20. The molecule has 27 heavy (non-hydrogen) atoms. The average molecular weight is 360 g/mol. The predicted octanol–water partition coefficient (Wildman–Crippen LogP) is 4.77. The third kappa shape index (κ3) is 4.61. The maximum Gasteiger partial charge on any atom is 0.151 e. The van der Waals surface area contributed by atoms with Crippen LogP contribution in [0.4, 0.5) is 5.69 Å². The van der Waals surface area contributed by atoms with Gasteiger partial charge >= 0.3 is 0 Å². The Morgan fingerprint density at radius 1 is 1.22 bits per heavy atom. The Hall–Kier alpha value is -3.41. The minimum Gasteiger partial charge on any atom is -0.361 e. The number of nitrogens with one attached hydrogen (secondary N) is 2. The molecular weight excluding hydrogens is 336 g/mol. The zero-order chi connectivity index (χ0) is 19.2. The molecule has 3 rings (SSSR count). The summed E-state index contributed by atoms with van der Waals surface area (Å²) in [7, 11) is 1.90. The van der Waals surface area contributed by atoms with Crippen LogP contribution in [0.25, 0.3) is 16.5 Å². The van der Waals surface area contributed by atoms with Gasteiger partial charge in [-0.2, -0.15) is 5.10 Å². The van der Waals surface area contributed by atoms with Gasteiger partial charge in [-0.15, -0.1) is 0 Å². The lowest BCUT2D eigenvalue weighted by atomic mass is 10.2. The molecule has 0 aliphatic rings. The van der Waals surface area contributed by atoms with Gasteiger partial charge in [-0.05, 0) is 50.6 Å². The molecule has 0 saturated carbocycles.